The summed E-state index contributed by atoms with van der Waals surface area (Å²) < 4.78 is 37.6. The molecule has 1 amide bonds. The van der Waals surface area contributed by atoms with E-state index in [9.17, 15) is 23.1 Å². The fourth-order valence-electron chi connectivity index (χ4n) is 2.66. The van der Waals surface area contributed by atoms with Gasteiger partial charge in [-0.3, -0.25) is 9.78 Å². The molecular formula is C17H15F3N2O2. The summed E-state index contributed by atoms with van der Waals surface area (Å²) in [5.74, 6) is -0.336. The van der Waals surface area contributed by atoms with Crippen molar-refractivity contribution in [2.75, 3.05) is 13.1 Å². The average molecular weight is 336 g/mol. The van der Waals surface area contributed by atoms with E-state index >= 15 is 0 Å². The third-order valence-corrected chi connectivity index (χ3v) is 4.14. The van der Waals surface area contributed by atoms with Gasteiger partial charge in [-0.25, -0.2) is 0 Å². The summed E-state index contributed by atoms with van der Waals surface area (Å²) in [7, 11) is 0. The van der Waals surface area contributed by atoms with Crippen molar-refractivity contribution in [1.82, 2.24) is 9.88 Å². The fraction of sp³-hybridized carbons (Fsp3) is 0.294. The minimum absolute atomic E-state index is 0.151. The quantitative estimate of drug-likeness (QED) is 0.938. The molecule has 2 aromatic rings. The molecule has 3 rings (SSSR count). The number of alkyl halides is 3. The first-order valence-electron chi connectivity index (χ1n) is 7.40. The number of likely N-dealkylation sites (tertiary alicyclic amines) is 1. The fourth-order valence-corrected chi connectivity index (χ4v) is 2.66. The summed E-state index contributed by atoms with van der Waals surface area (Å²) in [5.41, 5.74) is 0.356. The third kappa shape index (κ3) is 3.26. The summed E-state index contributed by atoms with van der Waals surface area (Å²) in [5, 5.41) is 10.1. The second-order valence-electron chi connectivity index (χ2n) is 5.75. The Hall–Kier alpha value is -2.41. The van der Waals surface area contributed by atoms with Crippen LogP contribution in [-0.4, -0.2) is 34.0 Å². The molecule has 0 unspecified atom stereocenters. The molecule has 7 heteroatoms. The van der Waals surface area contributed by atoms with Crippen LogP contribution >= 0.6 is 0 Å². The van der Waals surface area contributed by atoms with Crippen LogP contribution in [0.15, 0.2) is 48.8 Å². The number of hydrogen-bond donors (Lipinski definition) is 1. The number of halogens is 3. The lowest BCUT2D eigenvalue weighted by atomic mass is 9.91. The van der Waals surface area contributed by atoms with E-state index in [1.54, 1.807) is 12.4 Å². The summed E-state index contributed by atoms with van der Waals surface area (Å²) in [4.78, 5) is 17.7. The first-order valence-corrected chi connectivity index (χ1v) is 7.40. The Bertz CT molecular complexity index is 711. The molecule has 0 spiro atoms. The van der Waals surface area contributed by atoms with Crippen LogP contribution in [0.25, 0.3) is 0 Å². The molecule has 24 heavy (non-hydrogen) atoms. The van der Waals surface area contributed by atoms with Gasteiger partial charge < -0.3 is 10.0 Å². The van der Waals surface area contributed by atoms with Crippen LogP contribution < -0.4 is 0 Å². The number of nitrogens with zero attached hydrogens (tertiary/aromatic N) is 2. The van der Waals surface area contributed by atoms with E-state index in [2.05, 4.69) is 4.98 Å². The number of amides is 1. The monoisotopic (exact) mass is 336 g/mol. The molecule has 1 aromatic carbocycles. The van der Waals surface area contributed by atoms with E-state index < -0.39 is 23.8 Å². The van der Waals surface area contributed by atoms with Crippen molar-refractivity contribution in [2.45, 2.75) is 18.2 Å². The van der Waals surface area contributed by atoms with Crippen molar-refractivity contribution < 1.29 is 23.1 Å². The lowest BCUT2D eigenvalue weighted by molar-refractivity contribution is -0.145. The first-order chi connectivity index (χ1) is 11.4. The highest BCUT2D eigenvalue weighted by molar-refractivity contribution is 5.83. The molecule has 0 bridgehead atoms. The van der Waals surface area contributed by atoms with Gasteiger partial charge >= 0.3 is 6.18 Å². The van der Waals surface area contributed by atoms with E-state index in [1.807, 2.05) is 12.1 Å². The summed E-state index contributed by atoms with van der Waals surface area (Å²) in [6.45, 7) is 0.921. The standard InChI is InChI=1S/C17H15F3N2O2/c18-17(19,20)14-5-3-11(4-6-14)15(23)16(24)22-9-13(10-22)12-2-1-7-21-8-12/h1-8,13,15,23H,9-10H2/t15-/m0/s1. The maximum Gasteiger partial charge on any atom is 0.416 e. The molecule has 1 saturated heterocycles. The van der Waals surface area contributed by atoms with E-state index in [-0.39, 0.29) is 11.5 Å². The number of pyridine rings is 1. The Balaban J connectivity index is 1.62. The lowest BCUT2D eigenvalue weighted by Gasteiger charge is -2.40. The van der Waals surface area contributed by atoms with Crippen molar-refractivity contribution in [3.8, 4) is 0 Å². The van der Waals surface area contributed by atoms with Gasteiger partial charge in [0.2, 0.25) is 0 Å². The molecule has 1 aliphatic rings. The molecular weight excluding hydrogens is 321 g/mol. The Labute approximate surface area is 136 Å². The van der Waals surface area contributed by atoms with E-state index in [1.165, 1.54) is 4.90 Å². The molecule has 2 heterocycles. The third-order valence-electron chi connectivity index (χ3n) is 4.14. The van der Waals surface area contributed by atoms with E-state index in [0.717, 1.165) is 29.8 Å². The topological polar surface area (TPSA) is 53.4 Å². The minimum atomic E-state index is -4.44. The minimum Gasteiger partial charge on any atom is -0.378 e. The van der Waals surface area contributed by atoms with E-state index in [0.29, 0.717) is 13.1 Å². The van der Waals surface area contributed by atoms with Crippen LogP contribution in [0.1, 0.15) is 28.7 Å². The predicted octanol–water partition coefficient (Wildman–Crippen LogP) is 2.76. The van der Waals surface area contributed by atoms with Crippen molar-refractivity contribution in [1.29, 1.82) is 0 Å². The van der Waals surface area contributed by atoms with Gasteiger partial charge in [-0.1, -0.05) is 18.2 Å². The highest BCUT2D eigenvalue weighted by atomic mass is 19.4. The van der Waals surface area contributed by atoms with Crippen LogP contribution in [0, 0.1) is 0 Å². The maximum atomic E-state index is 12.5. The molecule has 0 saturated carbocycles. The van der Waals surface area contributed by atoms with Crippen LogP contribution in [0.4, 0.5) is 13.2 Å². The molecule has 1 N–H and O–H groups in total. The van der Waals surface area contributed by atoms with Crippen molar-refractivity contribution in [3.63, 3.8) is 0 Å². The molecule has 0 aliphatic carbocycles. The second-order valence-corrected chi connectivity index (χ2v) is 5.75. The number of aliphatic hydroxyl groups excluding tert-OH is 1. The largest absolute Gasteiger partial charge is 0.416 e. The number of aliphatic hydroxyl groups is 1. The van der Waals surface area contributed by atoms with Crippen LogP contribution in [0.2, 0.25) is 0 Å². The van der Waals surface area contributed by atoms with Crippen LogP contribution in [0.5, 0.6) is 0 Å². The summed E-state index contributed by atoms with van der Waals surface area (Å²) in [6.07, 6.45) is -2.50. The van der Waals surface area contributed by atoms with Gasteiger partial charge in [0.1, 0.15) is 0 Å². The molecule has 1 aromatic heterocycles. The summed E-state index contributed by atoms with van der Waals surface area (Å²) >= 11 is 0. The van der Waals surface area contributed by atoms with Gasteiger partial charge in [-0.15, -0.1) is 0 Å². The Morgan fingerprint density at radius 2 is 1.88 bits per heavy atom. The van der Waals surface area contributed by atoms with Crippen molar-refractivity contribution in [3.05, 3.63) is 65.5 Å². The number of hydrogen-bond acceptors (Lipinski definition) is 3. The van der Waals surface area contributed by atoms with Gasteiger partial charge in [0.05, 0.1) is 5.56 Å². The number of aromatic nitrogens is 1. The molecule has 4 nitrogen and oxygen atoms in total. The van der Waals surface area contributed by atoms with Crippen molar-refractivity contribution >= 4 is 5.91 Å². The molecule has 126 valence electrons. The number of carbonyl (C=O) groups is 1. The van der Waals surface area contributed by atoms with Gasteiger partial charge in [-0.2, -0.15) is 13.2 Å². The molecule has 0 radical (unpaired) electrons. The van der Waals surface area contributed by atoms with Crippen LogP contribution in [0.3, 0.4) is 0 Å². The van der Waals surface area contributed by atoms with E-state index in [4.69, 9.17) is 0 Å². The molecule has 1 aliphatic heterocycles. The highest BCUT2D eigenvalue weighted by Gasteiger charge is 2.36. The lowest BCUT2D eigenvalue weighted by Crippen LogP contribution is -2.50. The first kappa shape index (κ1) is 16.4. The Morgan fingerprint density at radius 1 is 1.21 bits per heavy atom. The Morgan fingerprint density at radius 3 is 2.42 bits per heavy atom. The second kappa shape index (κ2) is 6.24. The zero-order valence-corrected chi connectivity index (χ0v) is 12.6. The maximum absolute atomic E-state index is 12.5. The predicted molar refractivity (Wildman–Crippen MR) is 80.0 cm³/mol. The molecule has 1 fully saturated rings. The molecule has 1 atom stereocenters. The van der Waals surface area contributed by atoms with Crippen LogP contribution in [-0.2, 0) is 11.0 Å². The summed E-state index contributed by atoms with van der Waals surface area (Å²) in [6, 6.07) is 7.72. The number of carbonyl (C=O) groups excluding carboxylic acids is 1. The zero-order valence-electron chi connectivity index (χ0n) is 12.6. The SMILES string of the molecule is O=C([C@@H](O)c1ccc(C(F)(F)F)cc1)N1CC(c2cccnc2)C1. The van der Waals surface area contributed by atoms with Crippen molar-refractivity contribution in [2.24, 2.45) is 0 Å². The van der Waals surface area contributed by atoms with Gasteiger partial charge in [-0.05, 0) is 29.3 Å². The van der Waals surface area contributed by atoms with Gasteiger partial charge in [0, 0.05) is 31.4 Å². The number of benzene rings is 1. The number of rotatable bonds is 3. The van der Waals surface area contributed by atoms with Gasteiger partial charge in [0.15, 0.2) is 6.10 Å². The average Bonchev–Trinajstić information content (AvgIpc) is 2.53. The normalized spacial score (nSPS) is 16.6. The highest BCUT2D eigenvalue weighted by Crippen LogP contribution is 2.32. The zero-order chi connectivity index (χ0) is 17.3. The smallest absolute Gasteiger partial charge is 0.378 e. The Kier molecular flexibility index (Phi) is 4.28. The van der Waals surface area contributed by atoms with Gasteiger partial charge in [0.25, 0.3) is 5.91 Å².